The van der Waals surface area contributed by atoms with E-state index in [1.807, 2.05) is 12.1 Å². The first-order valence-corrected chi connectivity index (χ1v) is 12.4. The fourth-order valence-corrected chi connectivity index (χ4v) is 5.66. The lowest BCUT2D eigenvalue weighted by Crippen LogP contribution is -2.39. The van der Waals surface area contributed by atoms with E-state index in [1.165, 1.54) is 10.9 Å². The maximum absolute atomic E-state index is 13.0. The molecule has 174 valence electrons. The van der Waals surface area contributed by atoms with Gasteiger partial charge in [-0.25, -0.2) is 4.68 Å². The van der Waals surface area contributed by atoms with Crippen LogP contribution in [0.5, 0.6) is 0 Å². The standard InChI is InChI=1S/C22H25N4O6P/c1-3-31-33(30,32-4-2)14-17(27)13-25-11-16(23-24-25)12-26-21(28)18-9-5-7-15-8-6-10-19(20(15)18)22(26)29/h5-11,17,27H,3-4,12-14H2,1-2H3. The van der Waals surface area contributed by atoms with Crippen LogP contribution in [0.15, 0.2) is 42.6 Å². The Morgan fingerprint density at radius 2 is 1.64 bits per heavy atom. The van der Waals surface area contributed by atoms with Crippen LogP contribution in [0.4, 0.5) is 0 Å². The molecule has 2 amide bonds. The SMILES string of the molecule is CCOP(=O)(CC(O)Cn1cc(CN2C(=O)c3cccc4cccc(c34)C2=O)nn1)OCC. The van der Waals surface area contributed by atoms with E-state index in [-0.39, 0.29) is 32.5 Å². The van der Waals surface area contributed by atoms with Gasteiger partial charge in [0, 0.05) is 16.5 Å². The minimum Gasteiger partial charge on any atom is -0.391 e. The third-order valence-electron chi connectivity index (χ3n) is 5.25. The Morgan fingerprint density at radius 1 is 1.03 bits per heavy atom. The molecule has 1 aromatic heterocycles. The topological polar surface area (TPSA) is 124 Å². The Labute approximate surface area is 190 Å². The van der Waals surface area contributed by atoms with Crippen molar-refractivity contribution in [1.82, 2.24) is 19.9 Å². The monoisotopic (exact) mass is 472 g/mol. The van der Waals surface area contributed by atoms with Crippen LogP contribution >= 0.6 is 7.60 Å². The smallest absolute Gasteiger partial charge is 0.333 e. The number of aliphatic hydroxyl groups is 1. The summed E-state index contributed by atoms with van der Waals surface area (Å²) in [6.45, 7) is 3.74. The number of hydrogen-bond acceptors (Lipinski definition) is 8. The van der Waals surface area contributed by atoms with Gasteiger partial charge in [-0.3, -0.25) is 19.1 Å². The summed E-state index contributed by atoms with van der Waals surface area (Å²) in [6.07, 6.45) is 0.302. The van der Waals surface area contributed by atoms with Crippen molar-refractivity contribution < 1.29 is 28.3 Å². The van der Waals surface area contributed by atoms with Crippen LogP contribution < -0.4 is 0 Å². The van der Waals surface area contributed by atoms with Crippen molar-refractivity contribution >= 4 is 30.2 Å². The number of aromatic nitrogens is 3. The van der Waals surface area contributed by atoms with E-state index in [1.54, 1.807) is 38.1 Å². The number of nitrogens with zero attached hydrogens (tertiary/aromatic N) is 4. The largest absolute Gasteiger partial charge is 0.391 e. The molecule has 2 aromatic carbocycles. The molecule has 0 radical (unpaired) electrons. The van der Waals surface area contributed by atoms with Crippen LogP contribution in [0.1, 0.15) is 40.3 Å². The summed E-state index contributed by atoms with van der Waals surface area (Å²) in [5.41, 5.74) is 1.31. The van der Waals surface area contributed by atoms with E-state index in [0.717, 1.165) is 10.3 Å². The van der Waals surface area contributed by atoms with Crippen LogP contribution in [-0.2, 0) is 26.7 Å². The van der Waals surface area contributed by atoms with Crippen LogP contribution in [0.3, 0.4) is 0 Å². The van der Waals surface area contributed by atoms with E-state index in [9.17, 15) is 19.3 Å². The Kier molecular flexibility index (Phi) is 6.71. The van der Waals surface area contributed by atoms with E-state index in [0.29, 0.717) is 22.2 Å². The molecule has 4 rings (SSSR count). The highest BCUT2D eigenvalue weighted by Crippen LogP contribution is 2.48. The van der Waals surface area contributed by atoms with Crippen molar-refractivity contribution in [3.8, 4) is 0 Å². The zero-order chi connectivity index (χ0) is 23.6. The molecule has 0 saturated carbocycles. The molecule has 2 heterocycles. The normalized spacial score (nSPS) is 14.8. The van der Waals surface area contributed by atoms with Crippen LogP contribution in [0, 0.1) is 0 Å². The molecular weight excluding hydrogens is 447 g/mol. The second-order valence-corrected chi connectivity index (χ2v) is 9.72. The third kappa shape index (κ3) is 4.74. The highest BCUT2D eigenvalue weighted by Gasteiger charge is 2.33. The predicted molar refractivity (Wildman–Crippen MR) is 120 cm³/mol. The van der Waals surface area contributed by atoms with Crippen molar-refractivity contribution in [3.05, 3.63) is 59.4 Å². The Morgan fingerprint density at radius 3 is 2.21 bits per heavy atom. The minimum absolute atomic E-state index is 0.00116. The summed E-state index contributed by atoms with van der Waals surface area (Å²) in [5.74, 6) is -0.790. The number of carbonyl (C=O) groups excluding carboxylic acids is 2. The first-order valence-electron chi connectivity index (χ1n) is 10.7. The highest BCUT2D eigenvalue weighted by molar-refractivity contribution is 7.53. The van der Waals surface area contributed by atoms with Gasteiger partial charge < -0.3 is 14.2 Å². The van der Waals surface area contributed by atoms with E-state index in [2.05, 4.69) is 10.3 Å². The number of benzene rings is 2. The van der Waals surface area contributed by atoms with E-state index < -0.39 is 25.5 Å². The molecule has 3 aromatic rings. The Hall–Kier alpha value is -2.91. The van der Waals surface area contributed by atoms with Crippen LogP contribution in [0.25, 0.3) is 10.8 Å². The molecular formula is C22H25N4O6P. The average Bonchev–Trinajstić information content (AvgIpc) is 3.21. The Balaban J connectivity index is 1.47. The molecule has 33 heavy (non-hydrogen) atoms. The number of imide groups is 1. The van der Waals surface area contributed by atoms with Gasteiger partial charge in [-0.1, -0.05) is 29.5 Å². The molecule has 0 aliphatic carbocycles. The molecule has 11 heteroatoms. The summed E-state index contributed by atoms with van der Waals surface area (Å²) in [5, 5.41) is 19.8. The molecule has 1 unspecified atom stereocenters. The summed E-state index contributed by atoms with van der Waals surface area (Å²) in [7, 11) is -3.41. The maximum atomic E-state index is 13.0. The van der Waals surface area contributed by atoms with Gasteiger partial charge >= 0.3 is 7.60 Å². The minimum atomic E-state index is -3.41. The molecule has 1 aliphatic heterocycles. The fourth-order valence-electron chi connectivity index (χ4n) is 3.95. The highest BCUT2D eigenvalue weighted by atomic mass is 31.2. The van der Waals surface area contributed by atoms with Crippen molar-refractivity contribution in [2.75, 3.05) is 19.4 Å². The lowest BCUT2D eigenvalue weighted by Gasteiger charge is -2.26. The molecule has 10 nitrogen and oxygen atoms in total. The van der Waals surface area contributed by atoms with Crippen LogP contribution in [0.2, 0.25) is 0 Å². The number of carbonyl (C=O) groups is 2. The van der Waals surface area contributed by atoms with Crippen molar-refractivity contribution in [3.63, 3.8) is 0 Å². The van der Waals surface area contributed by atoms with Gasteiger partial charge in [0.15, 0.2) is 0 Å². The number of aliphatic hydroxyl groups excluding tert-OH is 1. The first-order chi connectivity index (χ1) is 15.8. The number of rotatable bonds is 10. The molecule has 0 spiro atoms. The van der Waals surface area contributed by atoms with Gasteiger partial charge in [0.1, 0.15) is 5.69 Å². The van der Waals surface area contributed by atoms with Gasteiger partial charge in [0.2, 0.25) is 0 Å². The van der Waals surface area contributed by atoms with Gasteiger partial charge in [-0.05, 0) is 31.4 Å². The average molecular weight is 472 g/mol. The number of hydrogen-bond donors (Lipinski definition) is 1. The van der Waals surface area contributed by atoms with Gasteiger partial charge in [-0.2, -0.15) is 0 Å². The molecule has 1 atom stereocenters. The quantitative estimate of drug-likeness (QED) is 0.353. The number of amides is 2. The van der Waals surface area contributed by atoms with Crippen LogP contribution in [-0.4, -0.2) is 62.3 Å². The fraction of sp³-hybridized carbons (Fsp3) is 0.364. The molecule has 1 N–H and O–H groups in total. The second-order valence-electron chi connectivity index (χ2n) is 7.62. The van der Waals surface area contributed by atoms with E-state index >= 15 is 0 Å². The predicted octanol–water partition coefficient (Wildman–Crippen LogP) is 2.85. The van der Waals surface area contributed by atoms with Crippen molar-refractivity contribution in [2.45, 2.75) is 33.0 Å². The van der Waals surface area contributed by atoms with Crippen molar-refractivity contribution in [2.24, 2.45) is 0 Å². The lowest BCUT2D eigenvalue weighted by atomic mass is 9.94. The lowest BCUT2D eigenvalue weighted by molar-refractivity contribution is 0.0596. The molecule has 0 saturated heterocycles. The van der Waals surface area contributed by atoms with E-state index in [4.69, 9.17) is 9.05 Å². The first kappa shape index (κ1) is 23.3. The molecule has 0 fully saturated rings. The zero-order valence-electron chi connectivity index (χ0n) is 18.4. The summed E-state index contributed by atoms with van der Waals surface area (Å²) < 4.78 is 24.4. The Bertz CT molecular complexity index is 1180. The van der Waals surface area contributed by atoms with Crippen molar-refractivity contribution in [1.29, 1.82) is 0 Å². The summed E-state index contributed by atoms with van der Waals surface area (Å²) >= 11 is 0. The third-order valence-corrected chi connectivity index (χ3v) is 7.42. The zero-order valence-corrected chi connectivity index (χ0v) is 19.3. The van der Waals surface area contributed by atoms with Gasteiger partial charge in [-0.15, -0.1) is 5.10 Å². The van der Waals surface area contributed by atoms with Gasteiger partial charge in [0.05, 0.1) is 44.8 Å². The summed E-state index contributed by atoms with van der Waals surface area (Å²) in [6, 6.07) is 10.7. The summed E-state index contributed by atoms with van der Waals surface area (Å²) in [4.78, 5) is 27.2. The van der Waals surface area contributed by atoms with Gasteiger partial charge in [0.25, 0.3) is 11.8 Å². The molecule has 0 bridgehead atoms. The second kappa shape index (κ2) is 9.52. The molecule has 1 aliphatic rings. The maximum Gasteiger partial charge on any atom is 0.333 e.